The van der Waals surface area contributed by atoms with Crippen molar-refractivity contribution in [2.45, 2.75) is 25.6 Å². The molecule has 0 unspecified atom stereocenters. The Kier molecular flexibility index (Phi) is 5.80. The van der Waals surface area contributed by atoms with E-state index in [1.165, 1.54) is 12.1 Å². The van der Waals surface area contributed by atoms with Crippen molar-refractivity contribution in [1.82, 2.24) is 25.3 Å². The molecule has 3 rings (SSSR count). The molecular formula is C18H21F2N5O2. The largest absolute Gasteiger partial charge is 0.353 e. The first-order chi connectivity index (χ1) is 12.9. The highest BCUT2D eigenvalue weighted by Crippen LogP contribution is 2.18. The second kappa shape index (κ2) is 8.26. The van der Waals surface area contributed by atoms with Gasteiger partial charge in [0.2, 0.25) is 11.8 Å². The Morgan fingerprint density at radius 2 is 2.22 bits per heavy atom. The lowest BCUT2D eigenvalue weighted by atomic mass is 10.1. The van der Waals surface area contributed by atoms with E-state index in [1.807, 2.05) is 0 Å². The van der Waals surface area contributed by atoms with Crippen molar-refractivity contribution in [3.05, 3.63) is 53.4 Å². The number of carbonyl (C=O) groups excluding carboxylic acids is 2. The molecule has 7 nitrogen and oxygen atoms in total. The number of carbonyl (C=O) groups is 2. The molecule has 1 aliphatic heterocycles. The van der Waals surface area contributed by atoms with E-state index < -0.39 is 17.7 Å². The summed E-state index contributed by atoms with van der Waals surface area (Å²) in [6, 6.07) is 3.21. The van der Waals surface area contributed by atoms with E-state index in [0.29, 0.717) is 19.6 Å². The predicted octanol–water partition coefficient (Wildman–Crippen LogP) is 0.705. The molecule has 2 aromatic rings. The van der Waals surface area contributed by atoms with Crippen LogP contribution in [0.2, 0.25) is 0 Å². The van der Waals surface area contributed by atoms with Gasteiger partial charge in [0.05, 0.1) is 18.7 Å². The Balaban J connectivity index is 1.64. The van der Waals surface area contributed by atoms with Gasteiger partial charge in [-0.05, 0) is 6.07 Å². The van der Waals surface area contributed by atoms with E-state index in [-0.39, 0.29) is 30.3 Å². The van der Waals surface area contributed by atoms with Gasteiger partial charge in [-0.25, -0.2) is 8.78 Å². The molecule has 144 valence electrons. The lowest BCUT2D eigenvalue weighted by Crippen LogP contribution is -2.56. The molecule has 0 spiro atoms. The number of aryl methyl sites for hydroxylation is 1. The maximum Gasteiger partial charge on any atom is 0.237 e. The third kappa shape index (κ3) is 4.68. The van der Waals surface area contributed by atoms with Gasteiger partial charge < -0.3 is 10.6 Å². The molecule has 0 aliphatic carbocycles. The summed E-state index contributed by atoms with van der Waals surface area (Å²) >= 11 is 0. The topological polar surface area (TPSA) is 79.3 Å². The average molecular weight is 377 g/mol. The van der Waals surface area contributed by atoms with Crippen molar-refractivity contribution < 1.29 is 18.4 Å². The summed E-state index contributed by atoms with van der Waals surface area (Å²) in [5.41, 5.74) is 1.00. The van der Waals surface area contributed by atoms with Gasteiger partial charge in [-0.3, -0.25) is 19.2 Å². The predicted molar refractivity (Wildman–Crippen MR) is 93.2 cm³/mol. The van der Waals surface area contributed by atoms with Gasteiger partial charge in [-0.1, -0.05) is 12.1 Å². The number of amides is 2. The van der Waals surface area contributed by atoms with E-state index in [9.17, 15) is 18.4 Å². The summed E-state index contributed by atoms with van der Waals surface area (Å²) in [7, 11) is 1.78. The van der Waals surface area contributed by atoms with Crippen molar-refractivity contribution in [3.8, 4) is 0 Å². The number of benzene rings is 1. The minimum atomic E-state index is -0.931. The monoisotopic (exact) mass is 377 g/mol. The summed E-state index contributed by atoms with van der Waals surface area (Å²) in [5.74, 6) is -2.46. The van der Waals surface area contributed by atoms with Crippen LogP contribution in [-0.2, 0) is 29.7 Å². The van der Waals surface area contributed by atoms with Gasteiger partial charge in [-0.15, -0.1) is 0 Å². The second-order valence-electron chi connectivity index (χ2n) is 6.49. The van der Waals surface area contributed by atoms with Crippen LogP contribution in [0.3, 0.4) is 0 Å². The molecule has 1 aliphatic rings. The van der Waals surface area contributed by atoms with E-state index >= 15 is 0 Å². The number of hydrogen-bond acceptors (Lipinski definition) is 4. The average Bonchev–Trinajstić information content (AvgIpc) is 3.05. The highest BCUT2D eigenvalue weighted by atomic mass is 19.2. The number of nitrogens with zero attached hydrogens (tertiary/aromatic N) is 3. The first kappa shape index (κ1) is 19.0. The van der Waals surface area contributed by atoms with E-state index in [2.05, 4.69) is 15.7 Å². The van der Waals surface area contributed by atoms with Gasteiger partial charge in [0.15, 0.2) is 11.6 Å². The minimum absolute atomic E-state index is 0.0531. The molecule has 2 N–H and O–H groups in total. The van der Waals surface area contributed by atoms with Crippen LogP contribution in [0, 0.1) is 11.6 Å². The van der Waals surface area contributed by atoms with E-state index in [1.54, 1.807) is 29.0 Å². The fraction of sp³-hybridized carbons (Fsp3) is 0.389. The third-order valence-corrected chi connectivity index (χ3v) is 4.47. The molecule has 1 aromatic heterocycles. The maximum atomic E-state index is 14.0. The number of halogens is 2. The molecule has 9 heteroatoms. The van der Waals surface area contributed by atoms with Crippen LogP contribution in [-0.4, -0.2) is 45.6 Å². The molecular weight excluding hydrogens is 356 g/mol. The molecule has 0 radical (unpaired) electrons. The zero-order chi connectivity index (χ0) is 19.4. The van der Waals surface area contributed by atoms with Crippen molar-refractivity contribution in [3.63, 3.8) is 0 Å². The number of rotatable bonds is 6. The molecule has 2 heterocycles. The Labute approximate surface area is 155 Å². The third-order valence-electron chi connectivity index (χ3n) is 4.47. The highest BCUT2D eigenvalue weighted by Gasteiger charge is 2.32. The number of nitrogens with one attached hydrogen (secondary N) is 2. The van der Waals surface area contributed by atoms with Crippen LogP contribution >= 0.6 is 0 Å². The van der Waals surface area contributed by atoms with E-state index in [0.717, 1.165) is 11.6 Å². The molecule has 1 atom stereocenters. The molecule has 1 aromatic carbocycles. The summed E-state index contributed by atoms with van der Waals surface area (Å²) in [4.78, 5) is 26.2. The van der Waals surface area contributed by atoms with Gasteiger partial charge in [0.1, 0.15) is 0 Å². The van der Waals surface area contributed by atoms with Crippen LogP contribution in [0.15, 0.2) is 30.6 Å². The van der Waals surface area contributed by atoms with Crippen molar-refractivity contribution in [2.24, 2.45) is 7.05 Å². The Morgan fingerprint density at radius 3 is 2.96 bits per heavy atom. The summed E-state index contributed by atoms with van der Waals surface area (Å²) < 4.78 is 29.0. The normalized spacial score (nSPS) is 17.6. The zero-order valence-corrected chi connectivity index (χ0v) is 14.9. The zero-order valence-electron chi connectivity index (χ0n) is 14.9. The Bertz CT molecular complexity index is 839. The molecule has 0 saturated carbocycles. The van der Waals surface area contributed by atoms with Gasteiger partial charge >= 0.3 is 0 Å². The van der Waals surface area contributed by atoms with Crippen molar-refractivity contribution in [1.29, 1.82) is 0 Å². The number of hydrogen-bond donors (Lipinski definition) is 2. The van der Waals surface area contributed by atoms with Crippen molar-refractivity contribution in [2.75, 3.05) is 13.1 Å². The molecule has 27 heavy (non-hydrogen) atoms. The Morgan fingerprint density at radius 1 is 1.41 bits per heavy atom. The van der Waals surface area contributed by atoms with Crippen molar-refractivity contribution >= 4 is 11.8 Å². The van der Waals surface area contributed by atoms with Gasteiger partial charge in [-0.2, -0.15) is 5.10 Å². The van der Waals surface area contributed by atoms with Crippen LogP contribution in [0.25, 0.3) is 0 Å². The summed E-state index contributed by atoms with van der Waals surface area (Å²) in [6.07, 6.45) is 3.36. The lowest BCUT2D eigenvalue weighted by molar-refractivity contribution is -0.134. The smallest absolute Gasteiger partial charge is 0.237 e. The minimum Gasteiger partial charge on any atom is -0.353 e. The number of piperazine rings is 1. The fourth-order valence-electron chi connectivity index (χ4n) is 3.07. The fourth-order valence-corrected chi connectivity index (χ4v) is 3.07. The molecule has 1 fully saturated rings. The van der Waals surface area contributed by atoms with E-state index in [4.69, 9.17) is 0 Å². The molecule has 0 bridgehead atoms. The maximum absolute atomic E-state index is 14.0. The van der Waals surface area contributed by atoms with Crippen LogP contribution in [0.5, 0.6) is 0 Å². The SMILES string of the molecule is Cn1cc(CNC(=O)C[C@@H]2C(=O)NCCN2Cc2cccc(F)c2F)cn1. The summed E-state index contributed by atoms with van der Waals surface area (Å²) in [6.45, 7) is 1.20. The van der Waals surface area contributed by atoms with Gasteiger partial charge in [0.25, 0.3) is 0 Å². The standard InChI is InChI=1S/C18H21F2N5O2/c1-24-10-12(9-23-24)8-22-16(26)7-15-18(27)21-5-6-25(15)11-13-3-2-4-14(19)17(13)20/h2-4,9-10,15H,5-8,11H2,1H3,(H,21,27)(H,22,26)/t15-/m1/s1. The molecule has 1 saturated heterocycles. The number of aromatic nitrogens is 2. The van der Waals surface area contributed by atoms with Crippen LogP contribution in [0.4, 0.5) is 8.78 Å². The van der Waals surface area contributed by atoms with Crippen LogP contribution < -0.4 is 10.6 Å². The first-order valence-corrected chi connectivity index (χ1v) is 8.63. The lowest BCUT2D eigenvalue weighted by Gasteiger charge is -2.34. The molecule has 2 amide bonds. The first-order valence-electron chi connectivity index (χ1n) is 8.63. The Hall–Kier alpha value is -2.81. The summed E-state index contributed by atoms with van der Waals surface area (Å²) in [5, 5.41) is 9.49. The van der Waals surface area contributed by atoms with Crippen LogP contribution in [0.1, 0.15) is 17.5 Å². The second-order valence-corrected chi connectivity index (χ2v) is 6.49. The quantitative estimate of drug-likeness (QED) is 0.777. The highest BCUT2D eigenvalue weighted by molar-refractivity contribution is 5.88. The van der Waals surface area contributed by atoms with Gasteiger partial charge in [0, 0.05) is 50.6 Å².